The number of carbonyl (C=O) groups is 1. The standard InChI is InChI=1S/C27H28ClNO2.C2H7N/c1-2-31-27(30)22-9-13-25(14-10-22)29-17-15-20(16-18-29)19-23-5-3-4-6-26(23)21-7-11-24(28)12-8-21;1-3-2/h3-14,20H,2,15-19H2,1H3;3H,1-2H3. The first-order valence-corrected chi connectivity index (χ1v) is 12.4. The molecule has 0 radical (unpaired) electrons. The van der Waals surface area contributed by atoms with Gasteiger partial charge in [0.2, 0.25) is 0 Å². The molecule has 3 aromatic rings. The molecule has 0 bridgehead atoms. The quantitative estimate of drug-likeness (QED) is 0.412. The Bertz CT molecular complexity index is 1030. The van der Waals surface area contributed by atoms with Crippen LogP contribution >= 0.6 is 11.6 Å². The van der Waals surface area contributed by atoms with E-state index in [-0.39, 0.29) is 5.97 Å². The van der Waals surface area contributed by atoms with Gasteiger partial charge in [-0.15, -0.1) is 0 Å². The molecule has 1 fully saturated rings. The fourth-order valence-electron chi connectivity index (χ4n) is 4.34. The van der Waals surface area contributed by atoms with Crippen LogP contribution in [0.25, 0.3) is 11.1 Å². The van der Waals surface area contributed by atoms with Crippen LogP contribution in [-0.4, -0.2) is 39.8 Å². The monoisotopic (exact) mass is 478 g/mol. The number of halogens is 1. The van der Waals surface area contributed by atoms with Crippen LogP contribution in [0.1, 0.15) is 35.7 Å². The number of carbonyl (C=O) groups excluding carboxylic acids is 1. The van der Waals surface area contributed by atoms with E-state index in [2.05, 4.69) is 46.6 Å². The van der Waals surface area contributed by atoms with Crippen molar-refractivity contribution in [2.75, 3.05) is 38.7 Å². The van der Waals surface area contributed by atoms with Gasteiger partial charge in [0.05, 0.1) is 12.2 Å². The fraction of sp³-hybridized carbons (Fsp3) is 0.345. The van der Waals surface area contributed by atoms with E-state index in [0.717, 1.165) is 37.4 Å². The molecule has 0 saturated carbocycles. The van der Waals surface area contributed by atoms with E-state index in [1.807, 2.05) is 57.4 Å². The number of piperidine rings is 1. The van der Waals surface area contributed by atoms with Crippen LogP contribution in [0.2, 0.25) is 5.02 Å². The minimum atomic E-state index is -0.257. The largest absolute Gasteiger partial charge is 0.462 e. The molecule has 1 aliphatic heterocycles. The van der Waals surface area contributed by atoms with Crippen molar-refractivity contribution < 1.29 is 9.53 Å². The third-order valence-corrected chi connectivity index (χ3v) is 6.29. The van der Waals surface area contributed by atoms with E-state index < -0.39 is 0 Å². The minimum absolute atomic E-state index is 0.257. The Morgan fingerprint density at radius 3 is 2.21 bits per heavy atom. The molecule has 180 valence electrons. The predicted molar refractivity (Wildman–Crippen MR) is 143 cm³/mol. The first-order chi connectivity index (χ1) is 16.5. The van der Waals surface area contributed by atoms with Crippen molar-refractivity contribution in [1.82, 2.24) is 5.32 Å². The Balaban J connectivity index is 0.00000103. The van der Waals surface area contributed by atoms with Gasteiger partial charge in [0.15, 0.2) is 0 Å². The molecule has 1 heterocycles. The average Bonchev–Trinajstić information content (AvgIpc) is 2.86. The van der Waals surface area contributed by atoms with Crippen LogP contribution in [0.3, 0.4) is 0 Å². The second kappa shape index (κ2) is 13.2. The molecule has 0 aliphatic carbocycles. The molecule has 0 aromatic heterocycles. The van der Waals surface area contributed by atoms with Gasteiger partial charge in [0.25, 0.3) is 0 Å². The summed E-state index contributed by atoms with van der Waals surface area (Å²) < 4.78 is 5.07. The van der Waals surface area contributed by atoms with E-state index in [0.29, 0.717) is 18.1 Å². The van der Waals surface area contributed by atoms with Gasteiger partial charge >= 0.3 is 5.97 Å². The Labute approximate surface area is 208 Å². The molecule has 34 heavy (non-hydrogen) atoms. The number of nitrogens with one attached hydrogen (secondary N) is 1. The second-order valence-corrected chi connectivity index (χ2v) is 9.00. The van der Waals surface area contributed by atoms with Crippen LogP contribution in [0.5, 0.6) is 0 Å². The van der Waals surface area contributed by atoms with Crippen molar-refractivity contribution in [2.45, 2.75) is 26.2 Å². The van der Waals surface area contributed by atoms with Crippen molar-refractivity contribution in [3.05, 3.63) is 88.9 Å². The van der Waals surface area contributed by atoms with Crippen LogP contribution in [0.4, 0.5) is 5.69 Å². The van der Waals surface area contributed by atoms with Gasteiger partial charge in [-0.05, 0) is 99.3 Å². The molecule has 5 heteroatoms. The lowest BCUT2D eigenvalue weighted by Gasteiger charge is -2.34. The molecule has 1 aliphatic rings. The maximum Gasteiger partial charge on any atom is 0.338 e. The highest BCUT2D eigenvalue weighted by atomic mass is 35.5. The van der Waals surface area contributed by atoms with E-state index in [1.165, 1.54) is 22.4 Å². The summed E-state index contributed by atoms with van der Waals surface area (Å²) in [5, 5.41) is 3.52. The summed E-state index contributed by atoms with van der Waals surface area (Å²) in [5.41, 5.74) is 5.71. The van der Waals surface area contributed by atoms with E-state index >= 15 is 0 Å². The van der Waals surface area contributed by atoms with Crippen LogP contribution in [-0.2, 0) is 11.2 Å². The Morgan fingerprint density at radius 1 is 0.971 bits per heavy atom. The van der Waals surface area contributed by atoms with Gasteiger partial charge in [-0.2, -0.15) is 0 Å². The zero-order chi connectivity index (χ0) is 24.3. The molecule has 0 atom stereocenters. The highest BCUT2D eigenvalue weighted by Crippen LogP contribution is 2.31. The molecule has 0 amide bonds. The first kappa shape index (κ1) is 25.8. The Kier molecular flexibility index (Phi) is 9.99. The molecular formula is C29H35ClN2O2. The zero-order valence-corrected chi connectivity index (χ0v) is 21.1. The molecule has 0 unspecified atom stereocenters. The maximum absolute atomic E-state index is 11.9. The first-order valence-electron chi connectivity index (χ1n) is 12.0. The number of rotatable bonds is 6. The van der Waals surface area contributed by atoms with Crippen molar-refractivity contribution in [2.24, 2.45) is 5.92 Å². The molecule has 4 nitrogen and oxygen atoms in total. The van der Waals surface area contributed by atoms with Gasteiger partial charge in [-0.25, -0.2) is 4.79 Å². The number of benzene rings is 3. The molecule has 1 saturated heterocycles. The molecule has 3 aromatic carbocycles. The lowest BCUT2D eigenvalue weighted by atomic mass is 9.87. The normalized spacial score (nSPS) is 13.7. The predicted octanol–water partition coefficient (Wildman–Crippen LogP) is 6.48. The van der Waals surface area contributed by atoms with Crippen molar-refractivity contribution in [3.8, 4) is 11.1 Å². The zero-order valence-electron chi connectivity index (χ0n) is 20.4. The lowest BCUT2D eigenvalue weighted by Crippen LogP contribution is -2.34. The number of esters is 1. The van der Waals surface area contributed by atoms with E-state index in [1.54, 1.807) is 0 Å². The SMILES string of the molecule is CCOC(=O)c1ccc(N2CCC(Cc3ccccc3-c3ccc(Cl)cc3)CC2)cc1.CNC. The van der Waals surface area contributed by atoms with Gasteiger partial charge in [0, 0.05) is 23.8 Å². The Hall–Kier alpha value is -2.82. The van der Waals surface area contributed by atoms with E-state index in [9.17, 15) is 4.79 Å². The topological polar surface area (TPSA) is 41.6 Å². The van der Waals surface area contributed by atoms with Gasteiger partial charge in [-0.1, -0.05) is 48.0 Å². The van der Waals surface area contributed by atoms with Crippen molar-refractivity contribution >= 4 is 23.3 Å². The van der Waals surface area contributed by atoms with Crippen LogP contribution in [0, 0.1) is 5.92 Å². The van der Waals surface area contributed by atoms with Gasteiger partial charge in [-0.3, -0.25) is 0 Å². The second-order valence-electron chi connectivity index (χ2n) is 8.57. The highest BCUT2D eigenvalue weighted by molar-refractivity contribution is 6.30. The van der Waals surface area contributed by atoms with E-state index in [4.69, 9.17) is 16.3 Å². The summed E-state index contributed by atoms with van der Waals surface area (Å²) in [7, 11) is 3.75. The average molecular weight is 479 g/mol. The third kappa shape index (κ3) is 7.09. The number of anilines is 1. The summed E-state index contributed by atoms with van der Waals surface area (Å²) in [5.74, 6) is 0.413. The highest BCUT2D eigenvalue weighted by Gasteiger charge is 2.21. The summed E-state index contributed by atoms with van der Waals surface area (Å²) in [4.78, 5) is 14.3. The molecule has 0 spiro atoms. The Morgan fingerprint density at radius 2 is 1.59 bits per heavy atom. The number of hydrogen-bond acceptors (Lipinski definition) is 4. The van der Waals surface area contributed by atoms with Gasteiger partial charge < -0.3 is 15.0 Å². The summed E-state index contributed by atoms with van der Waals surface area (Å²) >= 11 is 6.07. The minimum Gasteiger partial charge on any atom is -0.462 e. The third-order valence-electron chi connectivity index (χ3n) is 6.04. The van der Waals surface area contributed by atoms with Crippen molar-refractivity contribution in [3.63, 3.8) is 0 Å². The number of hydrogen-bond donors (Lipinski definition) is 1. The van der Waals surface area contributed by atoms with Gasteiger partial charge in [0.1, 0.15) is 0 Å². The van der Waals surface area contributed by atoms with Crippen molar-refractivity contribution in [1.29, 1.82) is 0 Å². The fourth-order valence-corrected chi connectivity index (χ4v) is 4.46. The maximum atomic E-state index is 11.9. The molecular weight excluding hydrogens is 444 g/mol. The summed E-state index contributed by atoms with van der Waals surface area (Å²) in [6, 6.07) is 24.6. The summed E-state index contributed by atoms with van der Waals surface area (Å²) in [6.07, 6.45) is 3.41. The number of ether oxygens (including phenoxy) is 1. The van der Waals surface area contributed by atoms with Crippen LogP contribution in [0.15, 0.2) is 72.8 Å². The number of nitrogens with zero attached hydrogens (tertiary/aromatic N) is 1. The van der Waals surface area contributed by atoms with Crippen LogP contribution < -0.4 is 10.2 Å². The summed E-state index contributed by atoms with van der Waals surface area (Å²) in [6.45, 7) is 4.29. The molecule has 4 rings (SSSR count). The smallest absolute Gasteiger partial charge is 0.338 e. The lowest BCUT2D eigenvalue weighted by molar-refractivity contribution is 0.0526. The molecule has 1 N–H and O–H groups in total.